The number of carbonyl (C=O) groups excluding carboxylic acids is 2. The minimum absolute atomic E-state index is 0.0182. The molecule has 1 aromatic carbocycles. The average Bonchev–Trinajstić information content (AvgIpc) is 2.28. The number of phenols is 1. The first-order valence-electron chi connectivity index (χ1n) is 5.00. The molecule has 0 saturated heterocycles. The molecule has 0 atom stereocenters. The summed E-state index contributed by atoms with van der Waals surface area (Å²) in [5, 5.41) is 9.53. The van der Waals surface area contributed by atoms with Crippen molar-refractivity contribution < 1.29 is 24.2 Å². The van der Waals surface area contributed by atoms with Crippen molar-refractivity contribution in [3.05, 3.63) is 30.7 Å². The maximum Gasteiger partial charge on any atom is 0.345 e. The van der Waals surface area contributed by atoms with E-state index in [1.165, 1.54) is 25.3 Å². The summed E-state index contributed by atoms with van der Waals surface area (Å²) < 4.78 is 9.45. The molecular weight excluding hydrogens is 224 g/mol. The van der Waals surface area contributed by atoms with Crippen LogP contribution in [-0.4, -0.2) is 24.2 Å². The Hall–Kier alpha value is -2.04. The van der Waals surface area contributed by atoms with E-state index in [-0.39, 0.29) is 23.5 Å². The van der Waals surface area contributed by atoms with Gasteiger partial charge in [0.25, 0.3) is 0 Å². The van der Waals surface area contributed by atoms with Crippen LogP contribution in [0.3, 0.4) is 0 Å². The summed E-state index contributed by atoms with van der Waals surface area (Å²) in [7, 11) is 1.18. The van der Waals surface area contributed by atoms with Crippen LogP contribution in [0, 0.1) is 6.92 Å². The number of benzene rings is 1. The van der Waals surface area contributed by atoms with Crippen LogP contribution in [0.15, 0.2) is 18.2 Å². The van der Waals surface area contributed by atoms with Gasteiger partial charge in [-0.1, -0.05) is 13.0 Å². The third-order valence-electron chi connectivity index (χ3n) is 2.00. The Morgan fingerprint density at radius 2 is 2.12 bits per heavy atom. The molecule has 0 aliphatic carbocycles. The van der Waals surface area contributed by atoms with Crippen molar-refractivity contribution in [1.29, 1.82) is 0 Å². The molecule has 0 spiro atoms. The Balaban J connectivity index is 3.02. The molecule has 1 N–H and O–H groups in total. The van der Waals surface area contributed by atoms with Gasteiger partial charge in [0, 0.05) is 6.42 Å². The lowest BCUT2D eigenvalue weighted by Gasteiger charge is -2.09. The number of methoxy groups -OCH3 is 1. The smallest absolute Gasteiger partial charge is 0.345 e. The van der Waals surface area contributed by atoms with Gasteiger partial charge in [-0.15, -0.1) is 0 Å². The monoisotopic (exact) mass is 237 g/mol. The molecule has 91 valence electrons. The van der Waals surface area contributed by atoms with E-state index in [0.29, 0.717) is 6.42 Å². The van der Waals surface area contributed by atoms with Crippen molar-refractivity contribution in [3.63, 3.8) is 0 Å². The van der Waals surface area contributed by atoms with Gasteiger partial charge in [-0.05, 0) is 18.6 Å². The lowest BCUT2D eigenvalue weighted by molar-refractivity contribution is -0.134. The molecule has 1 rings (SSSR count). The highest BCUT2D eigenvalue weighted by Crippen LogP contribution is 2.28. The predicted octanol–water partition coefficient (Wildman–Crippen LogP) is 1.70. The second kappa shape index (κ2) is 5.89. The maximum absolute atomic E-state index is 11.4. The summed E-state index contributed by atoms with van der Waals surface area (Å²) in [5.41, 5.74) is -0.160. The van der Waals surface area contributed by atoms with Crippen molar-refractivity contribution in [2.24, 2.45) is 0 Å². The molecule has 0 heterocycles. The van der Waals surface area contributed by atoms with Gasteiger partial charge in [0.2, 0.25) is 0 Å². The van der Waals surface area contributed by atoms with Crippen LogP contribution < -0.4 is 4.74 Å². The van der Waals surface area contributed by atoms with E-state index in [1.54, 1.807) is 0 Å². The van der Waals surface area contributed by atoms with Crippen molar-refractivity contribution in [2.45, 2.75) is 12.8 Å². The second-order valence-electron chi connectivity index (χ2n) is 3.22. The van der Waals surface area contributed by atoms with E-state index in [1.807, 2.05) is 0 Å². The van der Waals surface area contributed by atoms with Gasteiger partial charge in [0.15, 0.2) is 0 Å². The Morgan fingerprint density at radius 3 is 2.71 bits per heavy atom. The lowest BCUT2D eigenvalue weighted by atomic mass is 10.2. The highest BCUT2D eigenvalue weighted by Gasteiger charge is 2.19. The number of ether oxygens (including phenoxy) is 2. The van der Waals surface area contributed by atoms with E-state index < -0.39 is 11.9 Å². The van der Waals surface area contributed by atoms with Crippen LogP contribution in [0.2, 0.25) is 0 Å². The SMILES string of the molecule is [CH2]CCC(=O)Oc1cccc(O)c1C(=O)OC. The summed E-state index contributed by atoms with van der Waals surface area (Å²) >= 11 is 0. The van der Waals surface area contributed by atoms with Crippen LogP contribution in [0.1, 0.15) is 23.2 Å². The van der Waals surface area contributed by atoms with Crippen LogP contribution in [0.5, 0.6) is 11.5 Å². The summed E-state index contributed by atoms with van der Waals surface area (Å²) in [6.07, 6.45) is 0.529. The van der Waals surface area contributed by atoms with Crippen molar-refractivity contribution in [2.75, 3.05) is 7.11 Å². The quantitative estimate of drug-likeness (QED) is 0.637. The average molecular weight is 237 g/mol. The van der Waals surface area contributed by atoms with Gasteiger partial charge in [-0.25, -0.2) is 4.79 Å². The van der Waals surface area contributed by atoms with Gasteiger partial charge >= 0.3 is 11.9 Å². The molecule has 0 aliphatic heterocycles. The van der Waals surface area contributed by atoms with Gasteiger partial charge in [-0.2, -0.15) is 0 Å². The number of rotatable bonds is 4. The van der Waals surface area contributed by atoms with Crippen molar-refractivity contribution >= 4 is 11.9 Å². The normalized spacial score (nSPS) is 9.76. The summed E-state index contributed by atoms with van der Waals surface area (Å²) in [6, 6.07) is 4.19. The Bertz CT molecular complexity index is 425. The van der Waals surface area contributed by atoms with Crippen LogP contribution in [-0.2, 0) is 9.53 Å². The molecule has 1 aromatic rings. The number of hydrogen-bond donors (Lipinski definition) is 1. The van der Waals surface area contributed by atoms with Gasteiger partial charge < -0.3 is 14.6 Å². The molecule has 0 saturated carbocycles. The third kappa shape index (κ3) is 3.21. The minimum Gasteiger partial charge on any atom is -0.507 e. The number of phenolic OH excluding ortho intramolecular Hbond substituents is 1. The Kier molecular flexibility index (Phi) is 4.51. The fraction of sp³-hybridized carbons (Fsp3) is 0.250. The third-order valence-corrected chi connectivity index (χ3v) is 2.00. The van der Waals surface area contributed by atoms with Crippen molar-refractivity contribution in [1.82, 2.24) is 0 Å². The molecule has 0 unspecified atom stereocenters. The Labute approximate surface area is 99.0 Å². The van der Waals surface area contributed by atoms with Crippen molar-refractivity contribution in [3.8, 4) is 11.5 Å². The number of carbonyl (C=O) groups is 2. The summed E-state index contributed by atoms with van der Waals surface area (Å²) in [5.74, 6) is -1.59. The molecule has 0 fully saturated rings. The summed E-state index contributed by atoms with van der Waals surface area (Å²) in [4.78, 5) is 22.7. The molecule has 17 heavy (non-hydrogen) atoms. The van der Waals surface area contributed by atoms with Crippen LogP contribution in [0.4, 0.5) is 0 Å². The molecule has 5 heteroatoms. The van der Waals surface area contributed by atoms with Gasteiger partial charge in [-0.3, -0.25) is 4.79 Å². The fourth-order valence-corrected chi connectivity index (χ4v) is 1.23. The molecule has 0 bridgehead atoms. The van der Waals surface area contributed by atoms with Gasteiger partial charge in [0.1, 0.15) is 17.1 Å². The van der Waals surface area contributed by atoms with E-state index in [9.17, 15) is 14.7 Å². The van der Waals surface area contributed by atoms with Crippen LogP contribution >= 0.6 is 0 Å². The maximum atomic E-state index is 11.4. The lowest BCUT2D eigenvalue weighted by Crippen LogP contribution is -2.11. The zero-order chi connectivity index (χ0) is 12.8. The van der Waals surface area contributed by atoms with E-state index >= 15 is 0 Å². The first-order valence-corrected chi connectivity index (χ1v) is 5.00. The van der Waals surface area contributed by atoms with Gasteiger partial charge in [0.05, 0.1) is 7.11 Å². The predicted molar refractivity (Wildman–Crippen MR) is 59.7 cm³/mol. The zero-order valence-corrected chi connectivity index (χ0v) is 9.43. The van der Waals surface area contributed by atoms with Crippen LogP contribution in [0.25, 0.3) is 0 Å². The topological polar surface area (TPSA) is 72.8 Å². The highest BCUT2D eigenvalue weighted by atomic mass is 16.5. The number of hydrogen-bond acceptors (Lipinski definition) is 5. The first kappa shape index (κ1) is 13.0. The molecule has 0 aliphatic rings. The Morgan fingerprint density at radius 1 is 1.41 bits per heavy atom. The largest absolute Gasteiger partial charge is 0.507 e. The van der Waals surface area contributed by atoms with E-state index in [2.05, 4.69) is 11.7 Å². The second-order valence-corrected chi connectivity index (χ2v) is 3.22. The fourth-order valence-electron chi connectivity index (χ4n) is 1.23. The molecule has 5 nitrogen and oxygen atoms in total. The zero-order valence-electron chi connectivity index (χ0n) is 9.43. The summed E-state index contributed by atoms with van der Waals surface area (Å²) in [6.45, 7) is 3.52. The highest BCUT2D eigenvalue weighted by molar-refractivity contribution is 5.96. The molecule has 0 amide bonds. The first-order chi connectivity index (χ1) is 8.10. The van der Waals surface area contributed by atoms with E-state index in [0.717, 1.165) is 0 Å². The molecule has 1 radical (unpaired) electrons. The molecule has 0 aromatic heterocycles. The van der Waals surface area contributed by atoms with E-state index in [4.69, 9.17) is 4.74 Å². The minimum atomic E-state index is -0.763. The number of aromatic hydroxyl groups is 1. The number of esters is 2. The standard InChI is InChI=1S/C12H13O5/c1-3-5-10(14)17-9-7-4-6-8(13)11(9)12(15)16-2/h4,6-7,13H,1,3,5H2,2H3. The molecular formula is C12H13O5.